The highest BCUT2D eigenvalue weighted by molar-refractivity contribution is 7.13. The highest BCUT2D eigenvalue weighted by Crippen LogP contribution is 2.28. The molecule has 5 heteroatoms. The number of aromatic nitrogens is 1. The Kier molecular flexibility index (Phi) is 5.58. The second-order valence-electron chi connectivity index (χ2n) is 5.85. The number of carbonyl (C=O) groups is 1. The molecule has 1 heterocycles. The monoisotopic (exact) mass is 352 g/mol. The number of ether oxygens (including phenoxy) is 1. The van der Waals surface area contributed by atoms with E-state index in [0.717, 1.165) is 27.3 Å². The molecule has 25 heavy (non-hydrogen) atoms. The SMILES string of the molecule is Cc1ncsc1-c1ccc(C(N)CC(=O)OCc2ccccc2)cc1. The maximum Gasteiger partial charge on any atom is 0.308 e. The van der Waals surface area contributed by atoms with E-state index in [-0.39, 0.29) is 25.0 Å². The fraction of sp³-hybridized carbons (Fsp3) is 0.200. The highest BCUT2D eigenvalue weighted by Gasteiger charge is 2.14. The van der Waals surface area contributed by atoms with E-state index in [2.05, 4.69) is 4.98 Å². The van der Waals surface area contributed by atoms with Crippen LogP contribution >= 0.6 is 11.3 Å². The summed E-state index contributed by atoms with van der Waals surface area (Å²) in [6.45, 7) is 2.27. The molecule has 0 fully saturated rings. The minimum Gasteiger partial charge on any atom is -0.461 e. The van der Waals surface area contributed by atoms with Gasteiger partial charge in [0.15, 0.2) is 0 Å². The summed E-state index contributed by atoms with van der Waals surface area (Å²) in [5, 5.41) is 0. The first kappa shape index (κ1) is 17.3. The van der Waals surface area contributed by atoms with Crippen LogP contribution in [0.1, 0.15) is 29.3 Å². The summed E-state index contributed by atoms with van der Waals surface area (Å²) in [6, 6.07) is 17.2. The average Bonchev–Trinajstić information content (AvgIpc) is 3.07. The zero-order valence-electron chi connectivity index (χ0n) is 14.0. The number of carbonyl (C=O) groups excluding carboxylic acids is 1. The topological polar surface area (TPSA) is 65.2 Å². The van der Waals surface area contributed by atoms with Crippen LogP contribution in [0.4, 0.5) is 0 Å². The lowest BCUT2D eigenvalue weighted by atomic mass is 10.0. The van der Waals surface area contributed by atoms with E-state index in [1.54, 1.807) is 11.3 Å². The van der Waals surface area contributed by atoms with Crippen molar-refractivity contribution in [3.05, 3.63) is 76.9 Å². The lowest BCUT2D eigenvalue weighted by Gasteiger charge is -2.12. The van der Waals surface area contributed by atoms with E-state index in [4.69, 9.17) is 10.5 Å². The molecule has 128 valence electrons. The summed E-state index contributed by atoms with van der Waals surface area (Å²) in [5.41, 5.74) is 12.0. The normalized spacial score (nSPS) is 11.9. The van der Waals surface area contributed by atoms with Crippen molar-refractivity contribution in [3.8, 4) is 10.4 Å². The van der Waals surface area contributed by atoms with Crippen molar-refractivity contribution in [2.24, 2.45) is 5.73 Å². The number of hydrogen-bond acceptors (Lipinski definition) is 5. The summed E-state index contributed by atoms with van der Waals surface area (Å²) in [6.07, 6.45) is 0.158. The van der Waals surface area contributed by atoms with E-state index in [9.17, 15) is 4.79 Å². The van der Waals surface area contributed by atoms with Crippen molar-refractivity contribution in [1.29, 1.82) is 0 Å². The quantitative estimate of drug-likeness (QED) is 0.674. The van der Waals surface area contributed by atoms with Gasteiger partial charge < -0.3 is 10.5 Å². The number of hydrogen-bond donors (Lipinski definition) is 1. The Hall–Kier alpha value is -2.50. The van der Waals surface area contributed by atoms with E-state index < -0.39 is 0 Å². The van der Waals surface area contributed by atoms with Gasteiger partial charge in [-0.1, -0.05) is 54.6 Å². The summed E-state index contributed by atoms with van der Waals surface area (Å²) < 4.78 is 5.29. The third kappa shape index (κ3) is 4.53. The number of aryl methyl sites for hydroxylation is 1. The first-order valence-electron chi connectivity index (χ1n) is 8.09. The minimum atomic E-state index is -0.375. The Balaban J connectivity index is 1.56. The molecule has 2 N–H and O–H groups in total. The zero-order chi connectivity index (χ0) is 17.6. The standard InChI is InChI=1S/C20H20N2O2S/c1-14-20(25-13-22-14)17-9-7-16(8-10-17)18(21)11-19(23)24-12-15-5-3-2-4-6-15/h2-10,13,18H,11-12,21H2,1H3. The average molecular weight is 352 g/mol. The van der Waals surface area contributed by atoms with Gasteiger partial charge in [0.1, 0.15) is 6.61 Å². The van der Waals surface area contributed by atoms with Crippen LogP contribution < -0.4 is 5.73 Å². The van der Waals surface area contributed by atoms with Crippen LogP contribution in [0.2, 0.25) is 0 Å². The van der Waals surface area contributed by atoms with E-state index in [1.807, 2.05) is 67.0 Å². The van der Waals surface area contributed by atoms with E-state index in [0.29, 0.717) is 0 Å². The Morgan fingerprint density at radius 1 is 1.16 bits per heavy atom. The molecule has 0 aliphatic heterocycles. The predicted octanol–water partition coefficient (Wildman–Crippen LogP) is 4.25. The number of rotatable bonds is 6. The van der Waals surface area contributed by atoms with Gasteiger partial charge in [0.2, 0.25) is 0 Å². The van der Waals surface area contributed by atoms with Crippen LogP contribution in [-0.4, -0.2) is 11.0 Å². The zero-order valence-corrected chi connectivity index (χ0v) is 14.8. The molecule has 3 rings (SSSR count). The lowest BCUT2D eigenvalue weighted by Crippen LogP contribution is -2.17. The van der Waals surface area contributed by atoms with Crippen molar-refractivity contribution in [3.63, 3.8) is 0 Å². The molecule has 0 bridgehead atoms. The molecule has 3 aromatic rings. The molecule has 0 saturated heterocycles. The molecular formula is C20H20N2O2S. The van der Waals surface area contributed by atoms with Gasteiger partial charge in [-0.15, -0.1) is 11.3 Å². The Morgan fingerprint density at radius 2 is 1.88 bits per heavy atom. The fourth-order valence-electron chi connectivity index (χ4n) is 2.56. The Labute approximate surface area is 151 Å². The van der Waals surface area contributed by atoms with E-state index in [1.165, 1.54) is 0 Å². The van der Waals surface area contributed by atoms with Gasteiger partial charge in [0, 0.05) is 6.04 Å². The first-order valence-corrected chi connectivity index (χ1v) is 8.97. The fourth-order valence-corrected chi connectivity index (χ4v) is 3.37. The van der Waals surface area contributed by atoms with Crippen LogP contribution in [-0.2, 0) is 16.1 Å². The van der Waals surface area contributed by atoms with Crippen molar-refractivity contribution in [1.82, 2.24) is 4.98 Å². The predicted molar refractivity (Wildman–Crippen MR) is 100 cm³/mol. The van der Waals surface area contributed by atoms with Crippen LogP contribution in [0.25, 0.3) is 10.4 Å². The van der Waals surface area contributed by atoms with Gasteiger partial charge in [-0.05, 0) is 23.6 Å². The summed E-state index contributed by atoms with van der Waals surface area (Å²) in [4.78, 5) is 17.4. The van der Waals surface area contributed by atoms with Crippen LogP contribution in [0.3, 0.4) is 0 Å². The van der Waals surface area contributed by atoms with Gasteiger partial charge in [0.05, 0.1) is 22.5 Å². The number of nitrogens with zero attached hydrogens (tertiary/aromatic N) is 1. The molecule has 0 aliphatic rings. The van der Waals surface area contributed by atoms with Crippen molar-refractivity contribution < 1.29 is 9.53 Å². The molecule has 0 saturated carbocycles. The minimum absolute atomic E-state index is 0.158. The third-order valence-electron chi connectivity index (χ3n) is 3.98. The molecule has 1 aromatic heterocycles. The van der Waals surface area contributed by atoms with E-state index >= 15 is 0 Å². The highest BCUT2D eigenvalue weighted by atomic mass is 32.1. The Bertz CT molecular complexity index is 828. The largest absolute Gasteiger partial charge is 0.461 e. The third-order valence-corrected chi connectivity index (χ3v) is 4.95. The van der Waals surface area contributed by atoms with Crippen LogP contribution in [0, 0.1) is 6.92 Å². The van der Waals surface area contributed by atoms with Crippen molar-refractivity contribution in [2.75, 3.05) is 0 Å². The first-order chi connectivity index (χ1) is 12.1. The van der Waals surface area contributed by atoms with Gasteiger partial charge in [-0.2, -0.15) is 0 Å². The lowest BCUT2D eigenvalue weighted by molar-refractivity contribution is -0.145. The molecule has 1 atom stereocenters. The second-order valence-corrected chi connectivity index (χ2v) is 6.70. The Morgan fingerprint density at radius 3 is 2.52 bits per heavy atom. The van der Waals surface area contributed by atoms with Crippen LogP contribution in [0.5, 0.6) is 0 Å². The van der Waals surface area contributed by atoms with Crippen molar-refractivity contribution in [2.45, 2.75) is 26.0 Å². The molecule has 0 spiro atoms. The van der Waals surface area contributed by atoms with Crippen molar-refractivity contribution >= 4 is 17.3 Å². The number of nitrogens with two attached hydrogens (primary N) is 1. The number of benzene rings is 2. The smallest absolute Gasteiger partial charge is 0.308 e. The summed E-state index contributed by atoms with van der Waals surface area (Å²) >= 11 is 1.62. The molecular weight excluding hydrogens is 332 g/mol. The number of thiazole rings is 1. The molecule has 0 amide bonds. The molecule has 4 nitrogen and oxygen atoms in total. The molecule has 1 unspecified atom stereocenters. The molecule has 0 aliphatic carbocycles. The summed E-state index contributed by atoms with van der Waals surface area (Å²) in [7, 11) is 0. The molecule has 0 radical (unpaired) electrons. The van der Waals surface area contributed by atoms with Crippen LogP contribution in [0.15, 0.2) is 60.1 Å². The van der Waals surface area contributed by atoms with Gasteiger partial charge in [0.25, 0.3) is 0 Å². The van der Waals surface area contributed by atoms with Gasteiger partial charge in [-0.3, -0.25) is 4.79 Å². The summed E-state index contributed by atoms with van der Waals surface area (Å²) in [5.74, 6) is -0.293. The molecule has 2 aromatic carbocycles. The van der Waals surface area contributed by atoms with Gasteiger partial charge in [-0.25, -0.2) is 4.98 Å². The maximum atomic E-state index is 12.0. The maximum absolute atomic E-state index is 12.0. The number of esters is 1. The van der Waals surface area contributed by atoms with Gasteiger partial charge >= 0.3 is 5.97 Å². The second kappa shape index (κ2) is 8.05.